The highest BCUT2D eigenvalue weighted by Gasteiger charge is 2.28. The van der Waals surface area contributed by atoms with Crippen LogP contribution in [0.4, 0.5) is 0 Å². The predicted octanol–water partition coefficient (Wildman–Crippen LogP) is 1.21. The number of pyridine rings is 1. The molecule has 4 heterocycles. The minimum atomic E-state index is -1.10. The van der Waals surface area contributed by atoms with Crippen LogP contribution in [0.1, 0.15) is 16.1 Å². The van der Waals surface area contributed by atoms with Gasteiger partial charge in [-0.2, -0.15) is 0 Å². The van der Waals surface area contributed by atoms with Crippen molar-refractivity contribution < 1.29 is 14.4 Å². The molecule has 0 saturated carbocycles. The number of nitrogens with one attached hydrogen (secondary N) is 2. The van der Waals surface area contributed by atoms with E-state index in [4.69, 9.17) is 5.73 Å². The summed E-state index contributed by atoms with van der Waals surface area (Å²) in [5.41, 5.74) is 6.22. The summed E-state index contributed by atoms with van der Waals surface area (Å²) >= 11 is 1.48. The number of Topliss-reactive ketones (excluding diaryl/α,β-unsaturated/α-hetero) is 1. The van der Waals surface area contributed by atoms with E-state index < -0.39 is 23.6 Å². The van der Waals surface area contributed by atoms with E-state index >= 15 is 0 Å². The number of fused-ring (bicyclic) bond motifs is 1. The first-order valence-corrected chi connectivity index (χ1v) is 9.54. The standard InChI is InChI=1S/C19H16N6O3S/c20-17(27)16(26)13(7-11-9-29-19-12(11)4-6-23-19)24-18(28)14-8-21-10-25(14)15-3-1-2-5-22-15/h1-6,8-10,13,23H,7H2,(H2,20,27)(H,24,28). The van der Waals surface area contributed by atoms with E-state index in [-0.39, 0.29) is 12.1 Å². The fourth-order valence-corrected chi connectivity index (χ4v) is 3.98. The van der Waals surface area contributed by atoms with Crippen molar-refractivity contribution in [2.75, 3.05) is 0 Å². The Labute approximate surface area is 168 Å². The second-order valence-corrected chi connectivity index (χ2v) is 7.16. The number of amides is 2. The van der Waals surface area contributed by atoms with Gasteiger partial charge in [-0.05, 0) is 29.1 Å². The van der Waals surface area contributed by atoms with Gasteiger partial charge < -0.3 is 16.0 Å². The molecule has 0 saturated heterocycles. The summed E-state index contributed by atoms with van der Waals surface area (Å²) in [6.07, 6.45) is 6.34. The van der Waals surface area contributed by atoms with Crippen molar-refractivity contribution in [3.8, 4) is 5.82 Å². The number of aromatic amines is 1. The molecule has 4 aromatic rings. The number of thiophene rings is 1. The molecule has 0 radical (unpaired) electrons. The van der Waals surface area contributed by atoms with Gasteiger partial charge in [-0.3, -0.25) is 19.0 Å². The number of rotatable bonds is 7. The zero-order chi connectivity index (χ0) is 20.4. The van der Waals surface area contributed by atoms with E-state index in [9.17, 15) is 14.4 Å². The van der Waals surface area contributed by atoms with Gasteiger partial charge in [-0.15, -0.1) is 11.3 Å². The van der Waals surface area contributed by atoms with Gasteiger partial charge in [0.15, 0.2) is 0 Å². The number of aromatic nitrogens is 4. The highest BCUT2D eigenvalue weighted by atomic mass is 32.1. The SMILES string of the molecule is NC(=O)C(=O)C(Cc1csc2[nH]ccc12)NC(=O)c1cncn1-c1ccccn1. The third-order valence-electron chi connectivity index (χ3n) is 4.43. The number of carbonyl (C=O) groups excluding carboxylic acids is 3. The summed E-state index contributed by atoms with van der Waals surface area (Å²) in [5.74, 6) is -2.03. The van der Waals surface area contributed by atoms with E-state index in [1.165, 1.54) is 28.4 Å². The minimum Gasteiger partial charge on any atom is -0.363 e. The van der Waals surface area contributed by atoms with Crippen LogP contribution in [-0.2, 0) is 16.0 Å². The number of primary amides is 1. The number of imidazole rings is 1. The van der Waals surface area contributed by atoms with Crippen LogP contribution in [0.2, 0.25) is 0 Å². The highest BCUT2D eigenvalue weighted by molar-refractivity contribution is 7.17. The molecule has 0 aliphatic carbocycles. The van der Waals surface area contributed by atoms with Gasteiger partial charge in [-0.25, -0.2) is 9.97 Å². The summed E-state index contributed by atoms with van der Waals surface area (Å²) in [4.78, 5) is 49.0. The number of nitrogens with two attached hydrogens (primary N) is 1. The Bertz CT molecular complexity index is 1190. The largest absolute Gasteiger partial charge is 0.363 e. The number of H-pyrrole nitrogens is 1. The second-order valence-electron chi connectivity index (χ2n) is 6.28. The van der Waals surface area contributed by atoms with Crippen LogP contribution >= 0.6 is 11.3 Å². The van der Waals surface area contributed by atoms with Crippen molar-refractivity contribution in [1.82, 2.24) is 24.8 Å². The van der Waals surface area contributed by atoms with Crippen LogP contribution in [-0.4, -0.2) is 43.2 Å². The molecule has 0 aromatic carbocycles. The fourth-order valence-electron chi connectivity index (χ4n) is 3.03. The molecule has 0 spiro atoms. The summed E-state index contributed by atoms with van der Waals surface area (Å²) in [6, 6.07) is 6.04. The van der Waals surface area contributed by atoms with E-state index in [1.807, 2.05) is 11.4 Å². The predicted molar refractivity (Wildman–Crippen MR) is 107 cm³/mol. The van der Waals surface area contributed by atoms with Crippen molar-refractivity contribution in [2.24, 2.45) is 5.73 Å². The van der Waals surface area contributed by atoms with Gasteiger partial charge in [0.25, 0.3) is 11.8 Å². The van der Waals surface area contributed by atoms with Gasteiger partial charge in [0, 0.05) is 24.2 Å². The molecule has 0 bridgehead atoms. The Morgan fingerprint density at radius 1 is 1.28 bits per heavy atom. The molecule has 146 valence electrons. The van der Waals surface area contributed by atoms with Gasteiger partial charge in [0.2, 0.25) is 5.78 Å². The molecule has 29 heavy (non-hydrogen) atoms. The third-order valence-corrected chi connectivity index (χ3v) is 5.41. The van der Waals surface area contributed by atoms with E-state index in [0.717, 1.165) is 15.8 Å². The molecule has 0 aliphatic rings. The van der Waals surface area contributed by atoms with E-state index in [0.29, 0.717) is 5.82 Å². The number of carbonyl (C=O) groups is 3. The molecule has 0 fully saturated rings. The number of hydrogen-bond donors (Lipinski definition) is 3. The number of ketones is 1. The molecule has 4 rings (SSSR count). The van der Waals surface area contributed by atoms with Crippen molar-refractivity contribution in [2.45, 2.75) is 12.5 Å². The lowest BCUT2D eigenvalue weighted by atomic mass is 10.0. The summed E-state index contributed by atoms with van der Waals surface area (Å²) in [5, 5.41) is 5.44. The normalized spacial score (nSPS) is 12.0. The molecular formula is C19H16N6O3S. The topological polar surface area (TPSA) is 136 Å². The summed E-state index contributed by atoms with van der Waals surface area (Å²) < 4.78 is 1.50. The maximum atomic E-state index is 12.9. The maximum Gasteiger partial charge on any atom is 0.287 e. The molecule has 10 heteroatoms. The first kappa shape index (κ1) is 18.6. The second kappa shape index (κ2) is 7.68. The van der Waals surface area contributed by atoms with Crippen LogP contribution in [0, 0.1) is 0 Å². The van der Waals surface area contributed by atoms with Crippen LogP contribution in [0.25, 0.3) is 16.0 Å². The van der Waals surface area contributed by atoms with Gasteiger partial charge in [-0.1, -0.05) is 6.07 Å². The first-order valence-electron chi connectivity index (χ1n) is 8.66. The van der Waals surface area contributed by atoms with E-state index in [2.05, 4.69) is 20.3 Å². The van der Waals surface area contributed by atoms with Crippen molar-refractivity contribution in [1.29, 1.82) is 0 Å². The smallest absolute Gasteiger partial charge is 0.287 e. The van der Waals surface area contributed by atoms with E-state index in [1.54, 1.807) is 30.6 Å². The summed E-state index contributed by atoms with van der Waals surface area (Å²) in [7, 11) is 0. The molecule has 4 aromatic heterocycles. The lowest BCUT2D eigenvalue weighted by Gasteiger charge is -2.16. The summed E-state index contributed by atoms with van der Waals surface area (Å²) in [6.45, 7) is 0. The average molecular weight is 408 g/mol. The Morgan fingerprint density at radius 2 is 2.14 bits per heavy atom. The first-order chi connectivity index (χ1) is 14.0. The van der Waals surface area contributed by atoms with Crippen molar-refractivity contribution in [3.63, 3.8) is 0 Å². The number of hydrogen-bond acceptors (Lipinski definition) is 6. The van der Waals surface area contributed by atoms with Crippen molar-refractivity contribution >= 4 is 39.2 Å². The zero-order valence-electron chi connectivity index (χ0n) is 15.0. The molecule has 1 unspecified atom stereocenters. The minimum absolute atomic E-state index is 0.142. The van der Waals surface area contributed by atoms with Gasteiger partial charge in [0.1, 0.15) is 23.9 Å². The lowest BCUT2D eigenvalue weighted by Crippen LogP contribution is -2.47. The Kier molecular flexibility index (Phi) is 4.92. The molecule has 1 atom stereocenters. The van der Waals surface area contributed by atoms with Crippen LogP contribution in [0.3, 0.4) is 0 Å². The maximum absolute atomic E-state index is 12.9. The Balaban J connectivity index is 1.61. The molecule has 9 nitrogen and oxygen atoms in total. The molecule has 4 N–H and O–H groups in total. The van der Waals surface area contributed by atoms with Crippen LogP contribution in [0.15, 0.2) is 54.6 Å². The fraction of sp³-hybridized carbons (Fsp3) is 0.105. The van der Waals surface area contributed by atoms with Crippen LogP contribution < -0.4 is 11.1 Å². The Hall–Kier alpha value is -3.79. The van der Waals surface area contributed by atoms with Crippen molar-refractivity contribution in [3.05, 3.63) is 65.8 Å². The van der Waals surface area contributed by atoms with Gasteiger partial charge in [0.05, 0.1) is 11.0 Å². The Morgan fingerprint density at radius 3 is 2.90 bits per heavy atom. The van der Waals surface area contributed by atoms with Gasteiger partial charge >= 0.3 is 0 Å². The number of nitrogens with zero attached hydrogens (tertiary/aromatic N) is 3. The molecular weight excluding hydrogens is 392 g/mol. The molecule has 0 aliphatic heterocycles. The molecule has 2 amide bonds. The average Bonchev–Trinajstić information content (AvgIpc) is 3.45. The van der Waals surface area contributed by atoms with Crippen LogP contribution in [0.5, 0.6) is 0 Å². The third kappa shape index (κ3) is 3.65. The quantitative estimate of drug-likeness (QED) is 0.395. The zero-order valence-corrected chi connectivity index (χ0v) is 15.8. The highest BCUT2D eigenvalue weighted by Crippen LogP contribution is 2.25. The lowest BCUT2D eigenvalue weighted by molar-refractivity contribution is -0.137. The monoisotopic (exact) mass is 408 g/mol.